The largest absolute Gasteiger partial charge is 0.434 e. The van der Waals surface area contributed by atoms with Gasteiger partial charge in [-0.2, -0.15) is 13.2 Å². The van der Waals surface area contributed by atoms with Crippen molar-refractivity contribution in [2.75, 3.05) is 13.1 Å². The third kappa shape index (κ3) is 6.24. The van der Waals surface area contributed by atoms with E-state index in [-0.39, 0.29) is 0 Å². The van der Waals surface area contributed by atoms with Crippen molar-refractivity contribution in [3.63, 3.8) is 0 Å². The lowest BCUT2D eigenvalue weighted by Gasteiger charge is -2.10. The molecule has 0 radical (unpaired) electrons. The van der Waals surface area contributed by atoms with Gasteiger partial charge in [-0.15, -0.1) is 22.7 Å². The Bertz CT molecular complexity index is 722. The van der Waals surface area contributed by atoms with E-state index < -0.39 is 11.9 Å². The van der Waals surface area contributed by atoms with Crippen LogP contribution in [0.25, 0.3) is 0 Å². The van der Waals surface area contributed by atoms with Gasteiger partial charge >= 0.3 is 6.18 Å². The van der Waals surface area contributed by atoms with Crippen molar-refractivity contribution in [1.29, 1.82) is 0 Å². The van der Waals surface area contributed by atoms with Crippen LogP contribution in [-0.4, -0.2) is 29.0 Å². The molecule has 2 aromatic rings. The Labute approximate surface area is 158 Å². The summed E-state index contributed by atoms with van der Waals surface area (Å²) in [5.74, 6) is 0.997. The van der Waals surface area contributed by atoms with Crippen LogP contribution in [0.1, 0.15) is 48.1 Å². The molecule has 0 saturated carbocycles. The van der Waals surface area contributed by atoms with Crippen LogP contribution in [0.2, 0.25) is 0 Å². The third-order valence-electron chi connectivity index (χ3n) is 3.35. The number of aromatic nitrogens is 2. The summed E-state index contributed by atoms with van der Waals surface area (Å²) in [6.07, 6.45) is -3.99. The van der Waals surface area contributed by atoms with Crippen LogP contribution >= 0.6 is 22.7 Å². The van der Waals surface area contributed by atoms with Gasteiger partial charge in [-0.1, -0.05) is 13.8 Å². The molecule has 0 bridgehead atoms. The average Bonchev–Trinajstić information content (AvgIpc) is 3.21. The molecule has 0 fully saturated rings. The van der Waals surface area contributed by atoms with Crippen LogP contribution in [0.3, 0.4) is 0 Å². The van der Waals surface area contributed by atoms with E-state index >= 15 is 0 Å². The SMILES string of the molecule is CCNC(=NCc1nc(C(C)C)cs1)NCCc1nc(C(F)(F)F)cs1. The number of hydrogen-bond acceptors (Lipinski definition) is 5. The van der Waals surface area contributed by atoms with E-state index in [4.69, 9.17) is 0 Å². The molecule has 0 aliphatic heterocycles. The maximum atomic E-state index is 12.6. The number of hydrogen-bond donors (Lipinski definition) is 2. The van der Waals surface area contributed by atoms with Gasteiger partial charge in [0.2, 0.25) is 0 Å². The fourth-order valence-electron chi connectivity index (χ4n) is 2.00. The highest BCUT2D eigenvalue weighted by atomic mass is 32.1. The zero-order valence-corrected chi connectivity index (χ0v) is 16.5. The topological polar surface area (TPSA) is 62.2 Å². The van der Waals surface area contributed by atoms with Crippen LogP contribution in [-0.2, 0) is 19.1 Å². The first-order valence-electron chi connectivity index (χ1n) is 8.27. The van der Waals surface area contributed by atoms with Crippen molar-refractivity contribution in [3.8, 4) is 0 Å². The molecule has 0 aliphatic rings. The summed E-state index contributed by atoms with van der Waals surface area (Å²) in [6, 6.07) is 0. The van der Waals surface area contributed by atoms with E-state index in [1.54, 1.807) is 11.3 Å². The van der Waals surface area contributed by atoms with Gasteiger partial charge in [0.15, 0.2) is 11.7 Å². The van der Waals surface area contributed by atoms with Crippen LogP contribution < -0.4 is 10.6 Å². The zero-order valence-electron chi connectivity index (χ0n) is 14.9. The Kier molecular flexibility index (Phi) is 7.39. The molecule has 5 nitrogen and oxygen atoms in total. The molecule has 2 rings (SSSR count). The molecular formula is C16H22F3N5S2. The summed E-state index contributed by atoms with van der Waals surface area (Å²) in [5, 5.41) is 10.7. The van der Waals surface area contributed by atoms with Crippen molar-refractivity contribution in [3.05, 3.63) is 32.2 Å². The second-order valence-corrected chi connectivity index (χ2v) is 7.70. The summed E-state index contributed by atoms with van der Waals surface area (Å²) in [7, 11) is 0. The van der Waals surface area contributed by atoms with Crippen molar-refractivity contribution in [2.24, 2.45) is 4.99 Å². The average molecular weight is 406 g/mol. The minimum Gasteiger partial charge on any atom is -0.357 e. The van der Waals surface area contributed by atoms with E-state index in [2.05, 4.69) is 39.4 Å². The third-order valence-corrected chi connectivity index (χ3v) is 5.11. The first-order chi connectivity index (χ1) is 12.3. The highest BCUT2D eigenvalue weighted by molar-refractivity contribution is 7.09. The highest BCUT2D eigenvalue weighted by Crippen LogP contribution is 2.30. The fraction of sp³-hybridized carbons (Fsp3) is 0.562. The first kappa shape index (κ1) is 20.6. The first-order valence-corrected chi connectivity index (χ1v) is 10.0. The number of thiazole rings is 2. The number of nitrogens with one attached hydrogen (secondary N) is 2. The Morgan fingerprint density at radius 3 is 2.46 bits per heavy atom. The number of guanidine groups is 1. The van der Waals surface area contributed by atoms with Crippen molar-refractivity contribution in [1.82, 2.24) is 20.6 Å². The standard InChI is InChI=1S/C16H22F3N5S2/c1-4-20-15(22-7-14-23-11(8-25-14)10(2)3)21-6-5-13-24-12(9-26-13)16(17,18)19/h8-10H,4-7H2,1-3H3,(H2,20,21,22). The van der Waals surface area contributed by atoms with E-state index in [0.717, 1.165) is 27.4 Å². The molecule has 2 N–H and O–H groups in total. The summed E-state index contributed by atoms with van der Waals surface area (Å²) >= 11 is 2.59. The van der Waals surface area contributed by atoms with Gasteiger partial charge in [0.1, 0.15) is 5.01 Å². The number of nitrogens with zero attached hydrogens (tertiary/aromatic N) is 3. The molecule has 0 aromatic carbocycles. The monoisotopic (exact) mass is 405 g/mol. The van der Waals surface area contributed by atoms with E-state index in [1.165, 1.54) is 0 Å². The van der Waals surface area contributed by atoms with Gasteiger partial charge in [0, 0.05) is 30.3 Å². The van der Waals surface area contributed by atoms with Gasteiger partial charge < -0.3 is 10.6 Å². The molecule has 10 heteroatoms. The second kappa shape index (κ2) is 9.31. The molecule has 144 valence electrons. The predicted octanol–water partition coefficient (Wildman–Crippen LogP) is 4.04. The highest BCUT2D eigenvalue weighted by Gasteiger charge is 2.33. The Morgan fingerprint density at radius 1 is 1.15 bits per heavy atom. The Balaban J connectivity index is 1.87. The molecule has 2 heterocycles. The summed E-state index contributed by atoms with van der Waals surface area (Å²) in [4.78, 5) is 12.6. The minimum absolute atomic E-state index is 0.384. The Hall–Kier alpha value is -1.68. The Morgan fingerprint density at radius 2 is 1.88 bits per heavy atom. The van der Waals surface area contributed by atoms with Crippen molar-refractivity contribution >= 4 is 28.6 Å². The van der Waals surface area contributed by atoms with E-state index in [0.29, 0.717) is 42.9 Å². The molecule has 0 amide bonds. The lowest BCUT2D eigenvalue weighted by Crippen LogP contribution is -2.38. The van der Waals surface area contributed by atoms with Crippen LogP contribution in [0.5, 0.6) is 0 Å². The quantitative estimate of drug-likeness (QED) is 0.539. The van der Waals surface area contributed by atoms with Gasteiger partial charge in [0.25, 0.3) is 0 Å². The molecule has 0 spiro atoms. The van der Waals surface area contributed by atoms with Crippen molar-refractivity contribution in [2.45, 2.75) is 45.8 Å². The van der Waals surface area contributed by atoms with Crippen molar-refractivity contribution < 1.29 is 13.2 Å². The van der Waals surface area contributed by atoms with Crippen LogP contribution in [0.15, 0.2) is 15.8 Å². The maximum Gasteiger partial charge on any atom is 0.434 e. The zero-order chi connectivity index (χ0) is 19.2. The predicted molar refractivity (Wildman–Crippen MR) is 99.8 cm³/mol. The number of alkyl halides is 3. The molecule has 0 saturated heterocycles. The molecule has 2 aromatic heterocycles. The van der Waals surface area contributed by atoms with Crippen LogP contribution in [0, 0.1) is 0 Å². The normalized spacial score (nSPS) is 12.7. The minimum atomic E-state index is -4.39. The van der Waals surface area contributed by atoms with Crippen LogP contribution in [0.4, 0.5) is 13.2 Å². The smallest absolute Gasteiger partial charge is 0.357 e. The van der Waals surface area contributed by atoms with Gasteiger partial charge in [-0.25, -0.2) is 15.0 Å². The summed E-state index contributed by atoms with van der Waals surface area (Å²) < 4.78 is 37.7. The molecule has 0 unspecified atom stereocenters. The molecule has 26 heavy (non-hydrogen) atoms. The number of halogens is 3. The summed E-state index contributed by atoms with van der Waals surface area (Å²) in [5.41, 5.74) is 0.227. The van der Waals surface area contributed by atoms with Gasteiger partial charge in [-0.05, 0) is 12.8 Å². The summed E-state index contributed by atoms with van der Waals surface area (Å²) in [6.45, 7) is 7.74. The lowest BCUT2D eigenvalue weighted by molar-refractivity contribution is -0.140. The number of aliphatic imine (C=N–C) groups is 1. The molecule has 0 aliphatic carbocycles. The van der Waals surface area contributed by atoms with Gasteiger partial charge in [0.05, 0.1) is 17.2 Å². The van der Waals surface area contributed by atoms with Gasteiger partial charge in [-0.3, -0.25) is 0 Å². The maximum absolute atomic E-state index is 12.6. The fourth-order valence-corrected chi connectivity index (χ4v) is 3.68. The lowest BCUT2D eigenvalue weighted by atomic mass is 10.2. The van der Waals surface area contributed by atoms with E-state index in [9.17, 15) is 13.2 Å². The molecular weight excluding hydrogens is 383 g/mol. The molecule has 0 atom stereocenters. The number of rotatable bonds is 7. The second-order valence-electron chi connectivity index (χ2n) is 5.82. The van der Waals surface area contributed by atoms with E-state index in [1.807, 2.05) is 12.3 Å².